The van der Waals surface area contributed by atoms with E-state index >= 15 is 0 Å². The Morgan fingerprint density at radius 2 is 1.96 bits per heavy atom. The van der Waals surface area contributed by atoms with Gasteiger partial charge in [-0.05, 0) is 37.8 Å². The van der Waals surface area contributed by atoms with E-state index < -0.39 is 30.4 Å². The first-order chi connectivity index (χ1) is 12.8. The number of alkyl halides is 3. The quantitative estimate of drug-likeness (QED) is 0.860. The Bertz CT molecular complexity index is 847. The van der Waals surface area contributed by atoms with Crippen molar-refractivity contribution in [1.82, 2.24) is 14.5 Å². The summed E-state index contributed by atoms with van der Waals surface area (Å²) in [6.45, 7) is -0.0456. The molecule has 9 heteroatoms. The van der Waals surface area contributed by atoms with Gasteiger partial charge < -0.3 is 14.6 Å². The number of carboxylic acids is 1. The lowest BCUT2D eigenvalue weighted by atomic mass is 9.98. The van der Waals surface area contributed by atoms with Crippen LogP contribution in [0, 0.1) is 0 Å². The predicted molar refractivity (Wildman–Crippen MR) is 91.0 cm³/mol. The number of hydrogen-bond acceptors (Lipinski definition) is 3. The molecule has 1 aromatic heterocycles. The lowest BCUT2D eigenvalue weighted by Crippen LogP contribution is -2.45. The molecule has 1 aliphatic rings. The maximum Gasteiger partial charge on any atom is 0.449 e. The zero-order chi connectivity index (χ0) is 19.6. The summed E-state index contributed by atoms with van der Waals surface area (Å²) in [5.74, 6) is -2.50. The van der Waals surface area contributed by atoms with Crippen molar-refractivity contribution < 1.29 is 27.9 Å². The van der Waals surface area contributed by atoms with E-state index in [1.54, 1.807) is 12.1 Å². The van der Waals surface area contributed by atoms with Gasteiger partial charge in [-0.3, -0.25) is 9.59 Å². The molecule has 1 aliphatic heterocycles. The number of imidazole rings is 1. The number of carbonyl (C=O) groups excluding carboxylic acids is 1. The van der Waals surface area contributed by atoms with Gasteiger partial charge in [-0.25, -0.2) is 4.98 Å². The van der Waals surface area contributed by atoms with Gasteiger partial charge in [0.25, 0.3) is 0 Å². The minimum Gasteiger partial charge on any atom is -0.481 e. The number of nitrogens with zero attached hydrogens (tertiary/aromatic N) is 3. The number of aromatic nitrogens is 2. The molecule has 1 N–H and O–H groups in total. The van der Waals surface area contributed by atoms with Gasteiger partial charge in [0.05, 0.1) is 11.0 Å². The molecule has 0 aliphatic carbocycles. The van der Waals surface area contributed by atoms with Gasteiger partial charge in [-0.1, -0.05) is 12.1 Å². The van der Waals surface area contributed by atoms with Crippen molar-refractivity contribution in [1.29, 1.82) is 0 Å². The average molecular weight is 383 g/mol. The van der Waals surface area contributed by atoms with Crippen LogP contribution in [0.25, 0.3) is 11.0 Å². The number of hydrogen-bond donors (Lipinski definition) is 1. The van der Waals surface area contributed by atoms with E-state index in [1.807, 2.05) is 0 Å². The van der Waals surface area contributed by atoms with Crippen LogP contribution < -0.4 is 0 Å². The van der Waals surface area contributed by atoms with Crippen molar-refractivity contribution in [2.24, 2.45) is 0 Å². The third-order valence-corrected chi connectivity index (χ3v) is 4.84. The van der Waals surface area contributed by atoms with E-state index in [4.69, 9.17) is 5.11 Å². The zero-order valence-electron chi connectivity index (χ0n) is 14.6. The number of likely N-dealkylation sites (tertiary alicyclic amines) is 1. The standard InChI is InChI=1S/C18H20F3N3O3/c19-18(20,21)17-22-13-6-1-2-7-14(13)24(17)11-15(25)23-10-4-3-5-12(23)8-9-16(26)27/h1-2,6-7,12H,3-5,8-11H2,(H,26,27). The van der Waals surface area contributed by atoms with Crippen LogP contribution in [0.5, 0.6) is 0 Å². The number of fused-ring (bicyclic) bond motifs is 1. The molecule has 1 amide bonds. The third-order valence-electron chi connectivity index (χ3n) is 4.84. The van der Waals surface area contributed by atoms with Crippen LogP contribution in [0.2, 0.25) is 0 Å². The van der Waals surface area contributed by atoms with Crippen molar-refractivity contribution in [3.63, 3.8) is 0 Å². The fraction of sp³-hybridized carbons (Fsp3) is 0.500. The minimum absolute atomic E-state index is 0.0732. The summed E-state index contributed by atoms with van der Waals surface area (Å²) in [4.78, 5) is 28.8. The van der Waals surface area contributed by atoms with E-state index in [9.17, 15) is 22.8 Å². The summed E-state index contributed by atoms with van der Waals surface area (Å²) in [5, 5.41) is 8.88. The molecule has 1 fully saturated rings. The molecule has 1 saturated heterocycles. The van der Waals surface area contributed by atoms with Crippen LogP contribution in [0.1, 0.15) is 37.9 Å². The number of piperidine rings is 1. The Hall–Kier alpha value is -2.58. The summed E-state index contributed by atoms with van der Waals surface area (Å²) in [6, 6.07) is 5.91. The monoisotopic (exact) mass is 383 g/mol. The fourth-order valence-corrected chi connectivity index (χ4v) is 3.60. The van der Waals surface area contributed by atoms with Crippen molar-refractivity contribution in [3.8, 4) is 0 Å². The molecule has 146 valence electrons. The number of benzene rings is 1. The second-order valence-corrected chi connectivity index (χ2v) is 6.68. The van der Waals surface area contributed by atoms with Crippen LogP contribution in [-0.2, 0) is 22.3 Å². The Morgan fingerprint density at radius 3 is 2.67 bits per heavy atom. The fourth-order valence-electron chi connectivity index (χ4n) is 3.60. The highest BCUT2D eigenvalue weighted by Crippen LogP contribution is 2.32. The molecule has 0 spiro atoms. The lowest BCUT2D eigenvalue weighted by molar-refractivity contribution is -0.149. The van der Waals surface area contributed by atoms with Crippen molar-refractivity contribution in [3.05, 3.63) is 30.1 Å². The van der Waals surface area contributed by atoms with Crippen molar-refractivity contribution in [2.75, 3.05) is 6.54 Å². The first-order valence-corrected chi connectivity index (χ1v) is 8.81. The van der Waals surface area contributed by atoms with Gasteiger partial charge >= 0.3 is 12.1 Å². The molecule has 6 nitrogen and oxygen atoms in total. The maximum atomic E-state index is 13.4. The number of para-hydroxylation sites is 2. The van der Waals surface area contributed by atoms with E-state index in [-0.39, 0.29) is 23.5 Å². The first kappa shape index (κ1) is 19.2. The van der Waals surface area contributed by atoms with E-state index in [0.717, 1.165) is 17.4 Å². The van der Waals surface area contributed by atoms with Crippen molar-refractivity contribution in [2.45, 2.75) is 50.9 Å². The van der Waals surface area contributed by atoms with Crippen LogP contribution in [0.4, 0.5) is 13.2 Å². The smallest absolute Gasteiger partial charge is 0.449 e. The van der Waals surface area contributed by atoms with Crippen LogP contribution in [0.3, 0.4) is 0 Å². The van der Waals surface area contributed by atoms with Gasteiger partial charge in [0.15, 0.2) is 0 Å². The molecule has 2 heterocycles. The second kappa shape index (κ2) is 7.58. The van der Waals surface area contributed by atoms with Gasteiger partial charge in [0.2, 0.25) is 11.7 Å². The molecule has 27 heavy (non-hydrogen) atoms. The second-order valence-electron chi connectivity index (χ2n) is 6.68. The number of amides is 1. The third kappa shape index (κ3) is 4.23. The largest absolute Gasteiger partial charge is 0.481 e. The highest BCUT2D eigenvalue weighted by atomic mass is 19.4. The van der Waals surface area contributed by atoms with Crippen LogP contribution >= 0.6 is 0 Å². The molecule has 0 radical (unpaired) electrons. The molecule has 1 aromatic carbocycles. The highest BCUT2D eigenvalue weighted by molar-refractivity contribution is 5.81. The molecule has 0 bridgehead atoms. The van der Waals surface area contributed by atoms with Gasteiger partial charge in [0.1, 0.15) is 6.54 Å². The summed E-state index contributed by atoms with van der Waals surface area (Å²) in [7, 11) is 0. The molecule has 2 aromatic rings. The Labute approximate surface area is 153 Å². The Kier molecular flexibility index (Phi) is 5.38. The highest BCUT2D eigenvalue weighted by Gasteiger charge is 2.38. The summed E-state index contributed by atoms with van der Waals surface area (Å²) in [6.07, 6.45) is -2.16. The summed E-state index contributed by atoms with van der Waals surface area (Å²) < 4.78 is 41.1. The summed E-state index contributed by atoms with van der Waals surface area (Å²) in [5.41, 5.74) is 0.427. The first-order valence-electron chi connectivity index (χ1n) is 8.81. The van der Waals surface area contributed by atoms with Gasteiger partial charge in [-0.15, -0.1) is 0 Å². The number of aliphatic carboxylic acids is 1. The molecular formula is C18H20F3N3O3. The van der Waals surface area contributed by atoms with Gasteiger partial charge in [0, 0.05) is 19.0 Å². The van der Waals surface area contributed by atoms with Crippen LogP contribution in [0.15, 0.2) is 24.3 Å². The minimum atomic E-state index is -4.68. The Balaban J connectivity index is 1.87. The maximum absolute atomic E-state index is 13.4. The number of carbonyl (C=O) groups is 2. The molecule has 0 saturated carbocycles. The molecular weight excluding hydrogens is 363 g/mol. The van der Waals surface area contributed by atoms with E-state index in [1.165, 1.54) is 17.0 Å². The number of halogens is 3. The zero-order valence-corrected chi connectivity index (χ0v) is 14.6. The number of carboxylic acid groups (broad SMARTS) is 1. The molecule has 1 atom stereocenters. The number of rotatable bonds is 5. The lowest BCUT2D eigenvalue weighted by Gasteiger charge is -2.36. The van der Waals surface area contributed by atoms with Crippen molar-refractivity contribution >= 4 is 22.9 Å². The molecule has 3 rings (SSSR count). The molecule has 1 unspecified atom stereocenters. The van der Waals surface area contributed by atoms with Crippen LogP contribution in [-0.4, -0.2) is 44.0 Å². The van der Waals surface area contributed by atoms with E-state index in [2.05, 4.69) is 4.98 Å². The Morgan fingerprint density at radius 1 is 1.22 bits per heavy atom. The average Bonchev–Trinajstić information content (AvgIpc) is 2.99. The summed E-state index contributed by atoms with van der Waals surface area (Å²) >= 11 is 0. The predicted octanol–water partition coefficient (Wildman–Crippen LogP) is 3.30. The topological polar surface area (TPSA) is 75.4 Å². The van der Waals surface area contributed by atoms with Gasteiger partial charge in [-0.2, -0.15) is 13.2 Å². The van der Waals surface area contributed by atoms with E-state index in [0.29, 0.717) is 19.4 Å². The normalized spacial score (nSPS) is 18.0. The SMILES string of the molecule is O=C(O)CCC1CCCCN1C(=O)Cn1c(C(F)(F)F)nc2ccccc21.